The van der Waals surface area contributed by atoms with E-state index in [0.717, 1.165) is 0 Å². The van der Waals surface area contributed by atoms with Crippen molar-refractivity contribution < 1.29 is 9.90 Å². The van der Waals surface area contributed by atoms with Crippen LogP contribution in [0.3, 0.4) is 0 Å². The Hall–Kier alpha value is -0.970. The van der Waals surface area contributed by atoms with E-state index in [1.54, 1.807) is 0 Å². The Kier molecular flexibility index (Phi) is 3.56. The maximum atomic E-state index is 10.2. The monoisotopic (exact) mass is 140 g/mol. The van der Waals surface area contributed by atoms with Crippen molar-refractivity contribution in [2.45, 2.75) is 20.3 Å². The number of carboxylic acids is 1. The van der Waals surface area contributed by atoms with Crippen molar-refractivity contribution in [2.24, 2.45) is 11.8 Å². The summed E-state index contributed by atoms with van der Waals surface area (Å²) in [5.41, 5.74) is 0. The summed E-state index contributed by atoms with van der Waals surface area (Å²) < 4.78 is 0. The van der Waals surface area contributed by atoms with Crippen molar-refractivity contribution in [1.29, 1.82) is 0 Å². The largest absolute Gasteiger partial charge is 0.481 e. The van der Waals surface area contributed by atoms with Crippen LogP contribution in [0.15, 0.2) is 0 Å². The van der Waals surface area contributed by atoms with Crippen molar-refractivity contribution in [3.63, 3.8) is 0 Å². The van der Waals surface area contributed by atoms with Gasteiger partial charge in [-0.25, -0.2) is 0 Å². The molecule has 0 heterocycles. The lowest BCUT2D eigenvalue weighted by Gasteiger charge is -2.10. The van der Waals surface area contributed by atoms with Crippen LogP contribution in [0, 0.1) is 24.2 Å². The fourth-order valence-corrected chi connectivity index (χ4v) is 0.675. The molecular formula is C8H12O2. The van der Waals surface area contributed by atoms with E-state index in [4.69, 9.17) is 11.5 Å². The highest BCUT2D eigenvalue weighted by Gasteiger charge is 2.13. The van der Waals surface area contributed by atoms with Gasteiger partial charge in [-0.3, -0.25) is 4.79 Å². The van der Waals surface area contributed by atoms with Gasteiger partial charge in [-0.2, -0.15) is 0 Å². The van der Waals surface area contributed by atoms with Crippen molar-refractivity contribution in [2.75, 3.05) is 0 Å². The minimum Gasteiger partial charge on any atom is -0.481 e. The molecule has 0 aliphatic rings. The fourth-order valence-electron chi connectivity index (χ4n) is 0.675. The molecule has 0 saturated carbocycles. The average molecular weight is 140 g/mol. The van der Waals surface area contributed by atoms with Gasteiger partial charge in [-0.05, 0) is 5.92 Å². The van der Waals surface area contributed by atoms with E-state index >= 15 is 0 Å². The zero-order valence-corrected chi connectivity index (χ0v) is 6.29. The molecule has 0 rings (SSSR count). The molecule has 0 radical (unpaired) electrons. The van der Waals surface area contributed by atoms with Crippen molar-refractivity contribution in [3.05, 3.63) is 0 Å². The van der Waals surface area contributed by atoms with E-state index < -0.39 is 5.97 Å². The molecule has 0 fully saturated rings. The van der Waals surface area contributed by atoms with Gasteiger partial charge in [0.2, 0.25) is 0 Å². The van der Waals surface area contributed by atoms with E-state index in [9.17, 15) is 4.79 Å². The van der Waals surface area contributed by atoms with E-state index in [-0.39, 0.29) is 18.3 Å². The first-order chi connectivity index (χ1) is 4.57. The molecule has 2 heteroatoms. The summed E-state index contributed by atoms with van der Waals surface area (Å²) in [6, 6.07) is 0. The third kappa shape index (κ3) is 3.13. The second-order valence-electron chi connectivity index (χ2n) is 2.62. The standard InChI is InChI=1S/C8H12O2/c1-4-7(6(2)3)5-8(9)10/h1,6-7H,5H2,2-3H3,(H,9,10)/t7-/m1/s1. The number of hydrogen-bond acceptors (Lipinski definition) is 1. The van der Waals surface area contributed by atoms with Crippen molar-refractivity contribution >= 4 is 5.97 Å². The Labute approximate surface area is 61.2 Å². The molecule has 0 bridgehead atoms. The number of aliphatic carboxylic acids is 1. The lowest BCUT2D eigenvalue weighted by atomic mass is 9.94. The third-order valence-corrected chi connectivity index (χ3v) is 1.41. The molecule has 1 N–H and O–H groups in total. The van der Waals surface area contributed by atoms with E-state index in [1.807, 2.05) is 13.8 Å². The van der Waals surface area contributed by atoms with Gasteiger partial charge in [-0.1, -0.05) is 13.8 Å². The first kappa shape index (κ1) is 9.03. The number of carboxylic acid groups (broad SMARTS) is 1. The van der Waals surface area contributed by atoms with Crippen LogP contribution in [0.2, 0.25) is 0 Å². The highest BCUT2D eigenvalue weighted by atomic mass is 16.4. The van der Waals surface area contributed by atoms with Crippen LogP contribution in [0.4, 0.5) is 0 Å². The molecule has 0 unspecified atom stereocenters. The molecule has 0 aromatic heterocycles. The predicted octanol–water partition coefficient (Wildman–Crippen LogP) is 1.37. The van der Waals surface area contributed by atoms with Gasteiger partial charge in [0.05, 0.1) is 6.42 Å². The second-order valence-corrected chi connectivity index (χ2v) is 2.62. The highest BCUT2D eigenvalue weighted by Crippen LogP contribution is 2.13. The molecule has 0 aromatic rings. The molecule has 10 heavy (non-hydrogen) atoms. The van der Waals surface area contributed by atoms with Gasteiger partial charge >= 0.3 is 5.97 Å². The van der Waals surface area contributed by atoms with Gasteiger partial charge in [0, 0.05) is 5.92 Å². The Morgan fingerprint density at radius 2 is 2.20 bits per heavy atom. The summed E-state index contributed by atoms with van der Waals surface area (Å²) in [5, 5.41) is 8.37. The van der Waals surface area contributed by atoms with Crippen LogP contribution in [0.5, 0.6) is 0 Å². The minimum atomic E-state index is -0.823. The van der Waals surface area contributed by atoms with Crippen LogP contribution < -0.4 is 0 Å². The highest BCUT2D eigenvalue weighted by molar-refractivity contribution is 5.67. The van der Waals surface area contributed by atoms with E-state index in [1.165, 1.54) is 0 Å². The van der Waals surface area contributed by atoms with Crippen molar-refractivity contribution in [3.8, 4) is 12.3 Å². The summed E-state index contributed by atoms with van der Waals surface area (Å²) in [6.07, 6.45) is 5.19. The maximum absolute atomic E-state index is 10.2. The molecule has 0 aliphatic heterocycles. The molecule has 0 spiro atoms. The number of hydrogen-bond donors (Lipinski definition) is 1. The first-order valence-corrected chi connectivity index (χ1v) is 3.25. The first-order valence-electron chi connectivity index (χ1n) is 3.25. The second kappa shape index (κ2) is 3.94. The Bertz CT molecular complexity index is 153. The maximum Gasteiger partial charge on any atom is 0.304 e. The van der Waals surface area contributed by atoms with Gasteiger partial charge in [0.15, 0.2) is 0 Å². The molecule has 1 atom stereocenters. The van der Waals surface area contributed by atoms with Crippen LogP contribution in [0.1, 0.15) is 20.3 Å². The quantitative estimate of drug-likeness (QED) is 0.601. The summed E-state index contributed by atoms with van der Waals surface area (Å²) in [7, 11) is 0. The Morgan fingerprint density at radius 3 is 2.30 bits per heavy atom. The number of carbonyl (C=O) groups is 1. The molecule has 0 saturated heterocycles. The average Bonchev–Trinajstić information content (AvgIpc) is 1.81. The molecule has 0 aliphatic carbocycles. The van der Waals surface area contributed by atoms with Gasteiger partial charge < -0.3 is 5.11 Å². The van der Waals surface area contributed by atoms with Gasteiger partial charge in [-0.15, -0.1) is 12.3 Å². The molecule has 56 valence electrons. The summed E-state index contributed by atoms with van der Waals surface area (Å²) in [6.45, 7) is 3.85. The number of terminal acetylenes is 1. The fraction of sp³-hybridized carbons (Fsp3) is 0.625. The Balaban J connectivity index is 3.87. The smallest absolute Gasteiger partial charge is 0.304 e. The molecular weight excluding hydrogens is 128 g/mol. The van der Waals surface area contributed by atoms with Crippen LogP contribution >= 0.6 is 0 Å². The van der Waals surface area contributed by atoms with E-state index in [0.29, 0.717) is 0 Å². The molecule has 0 amide bonds. The lowest BCUT2D eigenvalue weighted by molar-refractivity contribution is -0.137. The van der Waals surface area contributed by atoms with Crippen LogP contribution in [0.25, 0.3) is 0 Å². The van der Waals surface area contributed by atoms with Gasteiger partial charge in [0.25, 0.3) is 0 Å². The van der Waals surface area contributed by atoms with E-state index in [2.05, 4.69) is 5.92 Å². The lowest BCUT2D eigenvalue weighted by Crippen LogP contribution is -2.11. The van der Waals surface area contributed by atoms with Crippen LogP contribution in [-0.4, -0.2) is 11.1 Å². The molecule has 2 nitrogen and oxygen atoms in total. The summed E-state index contributed by atoms with van der Waals surface area (Å²) >= 11 is 0. The Morgan fingerprint density at radius 1 is 1.70 bits per heavy atom. The summed E-state index contributed by atoms with van der Waals surface area (Å²) in [4.78, 5) is 10.2. The number of rotatable bonds is 3. The SMILES string of the molecule is C#C[C@H](CC(=O)O)C(C)C. The zero-order chi connectivity index (χ0) is 8.15. The van der Waals surface area contributed by atoms with Crippen LogP contribution in [-0.2, 0) is 4.79 Å². The predicted molar refractivity (Wildman–Crippen MR) is 39.4 cm³/mol. The summed E-state index contributed by atoms with van der Waals surface area (Å²) in [5.74, 6) is 1.75. The molecule has 0 aromatic carbocycles. The van der Waals surface area contributed by atoms with Gasteiger partial charge in [0.1, 0.15) is 0 Å². The van der Waals surface area contributed by atoms with Crippen molar-refractivity contribution in [1.82, 2.24) is 0 Å². The zero-order valence-electron chi connectivity index (χ0n) is 6.29. The minimum absolute atomic E-state index is 0.0775. The topological polar surface area (TPSA) is 37.3 Å². The normalized spacial score (nSPS) is 12.6. The third-order valence-electron chi connectivity index (χ3n) is 1.41.